The third-order valence-corrected chi connectivity index (χ3v) is 4.79. The van der Waals surface area contributed by atoms with E-state index in [-0.39, 0.29) is 18.6 Å². The molecule has 1 aromatic carbocycles. The maximum atomic E-state index is 11.9. The van der Waals surface area contributed by atoms with Crippen LogP contribution in [0.25, 0.3) is 0 Å². The van der Waals surface area contributed by atoms with Crippen molar-refractivity contribution in [2.75, 3.05) is 6.61 Å². The van der Waals surface area contributed by atoms with E-state index >= 15 is 0 Å². The first-order valence-corrected chi connectivity index (χ1v) is 9.13. The topological polar surface area (TPSA) is 64.6 Å². The van der Waals surface area contributed by atoms with E-state index in [2.05, 4.69) is 28.2 Å². The number of carbonyl (C=O) groups excluding carboxylic acids is 2. The number of amides is 1. The Hall–Kier alpha value is -1.56. The van der Waals surface area contributed by atoms with E-state index in [1.165, 1.54) is 6.42 Å². The maximum Gasteiger partial charge on any atom is 0.347 e. The van der Waals surface area contributed by atoms with Crippen molar-refractivity contribution in [3.8, 4) is 5.75 Å². The monoisotopic (exact) mass is 397 g/mol. The quantitative estimate of drug-likeness (QED) is 0.746. The molecule has 6 heteroatoms. The van der Waals surface area contributed by atoms with Gasteiger partial charge in [-0.1, -0.05) is 35.7 Å². The molecule has 24 heavy (non-hydrogen) atoms. The summed E-state index contributed by atoms with van der Waals surface area (Å²) < 4.78 is 11.5. The summed E-state index contributed by atoms with van der Waals surface area (Å²) in [5.41, 5.74) is 0. The van der Waals surface area contributed by atoms with Gasteiger partial charge in [-0.3, -0.25) is 4.79 Å². The molecule has 1 N–H and O–H groups in total. The van der Waals surface area contributed by atoms with Crippen LogP contribution in [-0.2, 0) is 14.3 Å². The molecule has 0 spiro atoms. The molecule has 0 aliphatic heterocycles. The van der Waals surface area contributed by atoms with Crippen molar-refractivity contribution in [3.63, 3.8) is 0 Å². The van der Waals surface area contributed by atoms with E-state index in [0.29, 0.717) is 11.7 Å². The third-order valence-electron chi connectivity index (χ3n) is 4.26. The molecule has 1 aliphatic carbocycles. The average molecular weight is 398 g/mol. The highest BCUT2D eigenvalue weighted by atomic mass is 79.9. The number of carbonyl (C=O) groups is 2. The van der Waals surface area contributed by atoms with Gasteiger partial charge >= 0.3 is 5.97 Å². The maximum absolute atomic E-state index is 11.9. The van der Waals surface area contributed by atoms with Crippen molar-refractivity contribution in [1.82, 2.24) is 5.32 Å². The second kappa shape index (κ2) is 9.06. The molecular weight excluding hydrogens is 374 g/mol. The minimum atomic E-state index is -0.771. The zero-order valence-corrected chi connectivity index (χ0v) is 15.7. The Morgan fingerprint density at radius 2 is 1.92 bits per heavy atom. The Balaban J connectivity index is 1.73. The number of halogens is 1. The summed E-state index contributed by atoms with van der Waals surface area (Å²) in [7, 11) is 0. The van der Waals surface area contributed by atoms with Crippen LogP contribution in [0.5, 0.6) is 5.75 Å². The predicted molar refractivity (Wildman–Crippen MR) is 94.8 cm³/mol. The Kier molecular flexibility index (Phi) is 7.09. The second-order valence-corrected chi connectivity index (χ2v) is 7.17. The second-order valence-electron chi connectivity index (χ2n) is 6.26. The largest absolute Gasteiger partial charge is 0.479 e. The van der Waals surface area contributed by atoms with E-state index in [1.54, 1.807) is 19.1 Å². The van der Waals surface area contributed by atoms with E-state index in [4.69, 9.17) is 9.47 Å². The van der Waals surface area contributed by atoms with Crippen molar-refractivity contribution >= 4 is 27.8 Å². The van der Waals surface area contributed by atoms with Gasteiger partial charge in [0, 0.05) is 10.5 Å². The molecule has 3 atom stereocenters. The summed E-state index contributed by atoms with van der Waals surface area (Å²) in [6, 6.07) is 7.34. The molecule has 0 saturated heterocycles. The first kappa shape index (κ1) is 18.8. The molecule has 132 valence electrons. The smallest absolute Gasteiger partial charge is 0.347 e. The molecule has 0 bridgehead atoms. The van der Waals surface area contributed by atoms with Gasteiger partial charge in [0.05, 0.1) is 0 Å². The Morgan fingerprint density at radius 1 is 1.25 bits per heavy atom. The van der Waals surface area contributed by atoms with Gasteiger partial charge in [-0.15, -0.1) is 0 Å². The molecule has 1 amide bonds. The van der Waals surface area contributed by atoms with E-state index in [1.807, 2.05) is 12.1 Å². The fourth-order valence-electron chi connectivity index (χ4n) is 2.80. The van der Waals surface area contributed by atoms with Gasteiger partial charge < -0.3 is 14.8 Å². The summed E-state index contributed by atoms with van der Waals surface area (Å²) in [4.78, 5) is 23.9. The number of benzene rings is 1. The number of esters is 1. The molecule has 1 aromatic rings. The third kappa shape index (κ3) is 5.82. The molecule has 0 unspecified atom stereocenters. The summed E-state index contributed by atoms with van der Waals surface area (Å²) in [5, 5.41) is 2.96. The zero-order valence-electron chi connectivity index (χ0n) is 14.1. The van der Waals surface area contributed by atoms with Gasteiger partial charge in [0.25, 0.3) is 5.91 Å². The fraction of sp³-hybridized carbons (Fsp3) is 0.556. The molecule has 0 aromatic heterocycles. The minimum absolute atomic E-state index is 0.182. The average Bonchev–Trinajstić information content (AvgIpc) is 2.57. The highest BCUT2D eigenvalue weighted by molar-refractivity contribution is 9.10. The van der Waals surface area contributed by atoms with E-state index < -0.39 is 12.1 Å². The van der Waals surface area contributed by atoms with Crippen molar-refractivity contribution in [1.29, 1.82) is 0 Å². The van der Waals surface area contributed by atoms with Crippen LogP contribution in [0, 0.1) is 5.92 Å². The van der Waals surface area contributed by atoms with Gasteiger partial charge in [0.1, 0.15) is 5.75 Å². The molecule has 0 radical (unpaired) electrons. The lowest BCUT2D eigenvalue weighted by atomic mass is 9.86. The summed E-state index contributed by atoms with van der Waals surface area (Å²) in [6.07, 6.45) is 3.69. The lowest BCUT2D eigenvalue weighted by Crippen LogP contribution is -2.43. The molecule has 1 aliphatic rings. The van der Waals surface area contributed by atoms with Gasteiger partial charge in [-0.2, -0.15) is 0 Å². The Morgan fingerprint density at radius 3 is 2.58 bits per heavy atom. The Bertz CT molecular complexity index is 561. The van der Waals surface area contributed by atoms with Crippen LogP contribution >= 0.6 is 15.9 Å². The lowest BCUT2D eigenvalue weighted by Gasteiger charge is -2.29. The zero-order chi connectivity index (χ0) is 17.5. The van der Waals surface area contributed by atoms with Crippen molar-refractivity contribution in [2.24, 2.45) is 5.92 Å². The first-order valence-electron chi connectivity index (χ1n) is 8.34. The van der Waals surface area contributed by atoms with Crippen molar-refractivity contribution in [2.45, 2.75) is 51.7 Å². The summed E-state index contributed by atoms with van der Waals surface area (Å²) in [5.74, 6) is 0.240. The van der Waals surface area contributed by atoms with Gasteiger partial charge in [0.15, 0.2) is 12.7 Å². The first-order chi connectivity index (χ1) is 11.5. The predicted octanol–water partition coefficient (Wildman–Crippen LogP) is 3.45. The highest BCUT2D eigenvalue weighted by Gasteiger charge is 2.24. The fourth-order valence-corrected chi connectivity index (χ4v) is 3.06. The van der Waals surface area contributed by atoms with Gasteiger partial charge in [0.2, 0.25) is 0 Å². The van der Waals surface area contributed by atoms with Crippen LogP contribution in [0.2, 0.25) is 0 Å². The van der Waals surface area contributed by atoms with E-state index in [0.717, 1.165) is 23.7 Å². The van der Waals surface area contributed by atoms with Gasteiger partial charge in [-0.05, 0) is 49.9 Å². The normalized spacial score (nSPS) is 21.6. The number of hydrogen-bond donors (Lipinski definition) is 1. The summed E-state index contributed by atoms with van der Waals surface area (Å²) in [6.45, 7) is 3.48. The SMILES string of the molecule is C[C@@H](Oc1ccc(Br)cc1)C(=O)OCC(=O)N[C@H]1CCCC[C@@H]1C. The molecule has 1 fully saturated rings. The van der Waals surface area contributed by atoms with Crippen molar-refractivity contribution < 1.29 is 19.1 Å². The van der Waals surface area contributed by atoms with E-state index in [9.17, 15) is 9.59 Å². The molecule has 2 rings (SSSR count). The van der Waals surface area contributed by atoms with Crippen molar-refractivity contribution in [3.05, 3.63) is 28.7 Å². The number of hydrogen-bond acceptors (Lipinski definition) is 4. The molecule has 5 nitrogen and oxygen atoms in total. The lowest BCUT2D eigenvalue weighted by molar-refractivity contribution is -0.155. The van der Waals surface area contributed by atoms with Crippen LogP contribution in [0.3, 0.4) is 0 Å². The van der Waals surface area contributed by atoms with Gasteiger partial charge in [-0.25, -0.2) is 4.79 Å². The highest BCUT2D eigenvalue weighted by Crippen LogP contribution is 2.23. The summed E-state index contributed by atoms with van der Waals surface area (Å²) >= 11 is 3.33. The standard InChI is InChI=1S/C18H24BrNO4/c1-12-5-3-4-6-16(12)20-17(21)11-23-18(22)13(2)24-15-9-7-14(19)8-10-15/h7-10,12-13,16H,3-6,11H2,1-2H3,(H,20,21)/t12-,13+,16-/m0/s1. The van der Waals surface area contributed by atoms with Crippen LogP contribution < -0.4 is 10.1 Å². The van der Waals surface area contributed by atoms with Crippen LogP contribution in [0.1, 0.15) is 39.5 Å². The molecule has 0 heterocycles. The van der Waals surface area contributed by atoms with Crippen LogP contribution in [0.4, 0.5) is 0 Å². The number of ether oxygens (including phenoxy) is 2. The molecule has 1 saturated carbocycles. The number of rotatable bonds is 6. The number of nitrogens with one attached hydrogen (secondary N) is 1. The van der Waals surface area contributed by atoms with Crippen LogP contribution in [-0.4, -0.2) is 30.6 Å². The minimum Gasteiger partial charge on any atom is -0.479 e. The Labute approximate surface area is 151 Å². The molecular formula is C18H24BrNO4. The van der Waals surface area contributed by atoms with Crippen LogP contribution in [0.15, 0.2) is 28.7 Å².